The Morgan fingerprint density at radius 2 is 2.00 bits per heavy atom. The number of methoxy groups -OCH3 is 1. The Kier molecular flexibility index (Phi) is 8.43. The van der Waals surface area contributed by atoms with Crippen molar-refractivity contribution in [3.63, 3.8) is 0 Å². The molecule has 39 heavy (non-hydrogen) atoms. The van der Waals surface area contributed by atoms with E-state index in [1.165, 1.54) is 31.6 Å². The molecule has 2 aromatic heterocycles. The average molecular weight is 538 g/mol. The molecule has 0 fully saturated rings. The number of carboxylic acid groups (broad SMARTS) is 1. The number of rotatable bonds is 11. The fraction of sp³-hybridized carbons (Fsp3) is 0.167. The maximum absolute atomic E-state index is 15.7. The minimum Gasteiger partial charge on any atom is -0.497 e. The molecule has 4 aromatic rings. The molecule has 0 aliphatic rings. The van der Waals surface area contributed by atoms with Gasteiger partial charge in [-0.25, -0.2) is 28.9 Å². The Balaban J connectivity index is 1.77. The molecular formula is C24H23FN8O6. The number of anilines is 1. The van der Waals surface area contributed by atoms with Crippen LogP contribution in [0.25, 0.3) is 5.95 Å². The van der Waals surface area contributed by atoms with Crippen molar-refractivity contribution in [3.05, 3.63) is 82.5 Å². The molecule has 5 N–H and O–H groups in total. The number of aromatic amines is 1. The number of nitrogens with one attached hydrogen (secondary N) is 3. The highest BCUT2D eigenvalue weighted by Gasteiger charge is 2.27. The summed E-state index contributed by atoms with van der Waals surface area (Å²) in [6, 6.07) is 9.70. The Labute approximate surface area is 219 Å². The van der Waals surface area contributed by atoms with E-state index in [4.69, 9.17) is 19.7 Å². The molecule has 14 nitrogen and oxygen atoms in total. The molecule has 0 saturated carbocycles. The van der Waals surface area contributed by atoms with Gasteiger partial charge in [0, 0.05) is 29.7 Å². The lowest BCUT2D eigenvalue weighted by Crippen LogP contribution is -2.18. The molecule has 0 aliphatic carbocycles. The second-order valence-electron chi connectivity index (χ2n) is 7.71. The van der Waals surface area contributed by atoms with Crippen molar-refractivity contribution in [2.45, 2.75) is 6.04 Å². The van der Waals surface area contributed by atoms with Gasteiger partial charge in [0.25, 0.3) is 5.95 Å². The van der Waals surface area contributed by atoms with Crippen LogP contribution < -0.4 is 25.8 Å². The van der Waals surface area contributed by atoms with Crippen LogP contribution in [0, 0.1) is 5.82 Å². The summed E-state index contributed by atoms with van der Waals surface area (Å²) in [5.74, 6) is -0.641. The highest BCUT2D eigenvalue weighted by Crippen LogP contribution is 2.35. The number of H-pyrrole nitrogens is 1. The number of aliphatic hydroxyl groups is 1. The summed E-state index contributed by atoms with van der Waals surface area (Å²) >= 11 is 0. The first-order valence-corrected chi connectivity index (χ1v) is 11.4. The number of hydrogen-bond donors (Lipinski definition) is 5. The van der Waals surface area contributed by atoms with E-state index in [0.717, 1.165) is 11.0 Å². The van der Waals surface area contributed by atoms with E-state index in [2.05, 4.69) is 30.4 Å². The maximum atomic E-state index is 15.7. The van der Waals surface area contributed by atoms with Crippen LogP contribution in [0.3, 0.4) is 0 Å². The van der Waals surface area contributed by atoms with Gasteiger partial charge in [0.15, 0.2) is 17.4 Å². The molecule has 0 saturated heterocycles. The van der Waals surface area contributed by atoms with Crippen LogP contribution in [0.15, 0.2) is 64.6 Å². The lowest BCUT2D eigenvalue weighted by atomic mass is 10.0. The van der Waals surface area contributed by atoms with Crippen LogP contribution in [0.4, 0.5) is 20.6 Å². The van der Waals surface area contributed by atoms with Gasteiger partial charge in [0.2, 0.25) is 0 Å². The number of hydrogen-bond acceptors (Lipinski definition) is 10. The first-order valence-electron chi connectivity index (χ1n) is 11.4. The lowest BCUT2D eigenvalue weighted by Gasteiger charge is -2.21. The number of aromatic nitrogens is 5. The van der Waals surface area contributed by atoms with Crippen LogP contribution in [0.1, 0.15) is 17.4 Å². The summed E-state index contributed by atoms with van der Waals surface area (Å²) in [4.78, 5) is 38.0. The number of carbonyl (C=O) groups is 1. The fourth-order valence-corrected chi connectivity index (χ4v) is 3.45. The third-order valence-electron chi connectivity index (χ3n) is 5.17. The van der Waals surface area contributed by atoms with E-state index >= 15 is 4.39 Å². The number of aliphatic hydroxyl groups excluding tert-OH is 1. The number of benzene rings is 2. The maximum Gasteiger partial charge on any atom is 0.409 e. The molecule has 2 aromatic carbocycles. The van der Waals surface area contributed by atoms with Crippen LogP contribution in [-0.2, 0) is 0 Å². The molecule has 1 amide bonds. The SMILES string of the molecule is COc1cc(OCCO)c(F)c([C@H](Nc2ccc(N=CNC(=O)O)cc2)c2nn(-c3ncccn3)c(=O)[nH]2)c1. The molecule has 0 radical (unpaired) electrons. The Morgan fingerprint density at radius 3 is 2.67 bits per heavy atom. The largest absolute Gasteiger partial charge is 0.497 e. The van der Waals surface area contributed by atoms with Gasteiger partial charge >= 0.3 is 11.8 Å². The van der Waals surface area contributed by atoms with Crippen molar-refractivity contribution < 1.29 is 28.9 Å². The summed E-state index contributed by atoms with van der Waals surface area (Å²) in [6.07, 6.45) is 2.66. The quantitative estimate of drug-likeness (QED) is 0.139. The van der Waals surface area contributed by atoms with Crippen molar-refractivity contribution in [2.24, 2.45) is 4.99 Å². The van der Waals surface area contributed by atoms with Gasteiger partial charge in [0.1, 0.15) is 18.4 Å². The van der Waals surface area contributed by atoms with E-state index in [1.807, 2.05) is 5.32 Å². The second kappa shape index (κ2) is 12.3. The minimum atomic E-state index is -1.25. The lowest BCUT2D eigenvalue weighted by molar-refractivity contribution is 0.195. The van der Waals surface area contributed by atoms with E-state index in [1.54, 1.807) is 30.3 Å². The van der Waals surface area contributed by atoms with Gasteiger partial charge < -0.3 is 25.0 Å². The van der Waals surface area contributed by atoms with E-state index in [9.17, 15) is 9.59 Å². The fourth-order valence-electron chi connectivity index (χ4n) is 3.45. The van der Waals surface area contributed by atoms with Gasteiger partial charge in [0.05, 0.1) is 25.7 Å². The monoisotopic (exact) mass is 538 g/mol. The molecule has 2 heterocycles. The van der Waals surface area contributed by atoms with Gasteiger partial charge in [-0.1, -0.05) is 0 Å². The van der Waals surface area contributed by atoms with E-state index in [0.29, 0.717) is 11.4 Å². The molecule has 0 aliphatic heterocycles. The molecule has 1 atom stereocenters. The highest BCUT2D eigenvalue weighted by molar-refractivity contribution is 5.81. The smallest absolute Gasteiger partial charge is 0.409 e. The minimum absolute atomic E-state index is 0.0130. The first kappa shape index (κ1) is 26.7. The number of halogens is 1. The second-order valence-corrected chi connectivity index (χ2v) is 7.71. The van der Waals surface area contributed by atoms with Gasteiger partial charge in [-0.3, -0.25) is 10.3 Å². The van der Waals surface area contributed by atoms with Crippen molar-refractivity contribution >= 4 is 23.8 Å². The standard InChI is InChI=1S/C24H23FN8O6/c1-38-16-11-17(19(25)18(12-16)39-10-9-34)20(21-31-23(35)33(32-21)22-26-7-2-8-27-22)30-15-5-3-14(4-6-15)28-13-29-24(36)37/h2-8,11-13,20,30,34H,9-10H2,1H3,(H,28,29)(H,36,37)(H,31,32,35)/t20-/m0/s1. The Morgan fingerprint density at radius 1 is 1.26 bits per heavy atom. The molecule has 15 heteroatoms. The zero-order chi connectivity index (χ0) is 27.8. The Hall–Kier alpha value is -5.31. The summed E-state index contributed by atoms with van der Waals surface area (Å²) in [5.41, 5.74) is 0.289. The molecule has 0 unspecified atom stereocenters. The third kappa shape index (κ3) is 6.53. The predicted molar refractivity (Wildman–Crippen MR) is 137 cm³/mol. The Bertz CT molecular complexity index is 1510. The van der Waals surface area contributed by atoms with E-state index < -0.39 is 23.6 Å². The normalized spacial score (nSPS) is 11.8. The summed E-state index contributed by atoms with van der Waals surface area (Å²) in [6.45, 7) is -0.490. The zero-order valence-electron chi connectivity index (χ0n) is 20.4. The summed E-state index contributed by atoms with van der Waals surface area (Å²) < 4.78 is 27.3. The number of aliphatic imine (C=N–C) groups is 1. The molecule has 0 bridgehead atoms. The van der Waals surface area contributed by atoms with Crippen LogP contribution in [0.5, 0.6) is 11.5 Å². The summed E-state index contributed by atoms with van der Waals surface area (Å²) in [5, 5.41) is 27.3. The van der Waals surface area contributed by atoms with Crippen molar-refractivity contribution in [1.82, 2.24) is 30.0 Å². The van der Waals surface area contributed by atoms with Gasteiger partial charge in [-0.15, -0.1) is 9.78 Å². The molecule has 0 spiro atoms. The van der Waals surface area contributed by atoms with Crippen LogP contribution >= 0.6 is 0 Å². The zero-order valence-corrected chi connectivity index (χ0v) is 20.4. The molecule has 202 valence electrons. The number of ether oxygens (including phenoxy) is 2. The molecule has 4 rings (SSSR count). The van der Waals surface area contributed by atoms with Crippen molar-refractivity contribution in [2.75, 3.05) is 25.6 Å². The van der Waals surface area contributed by atoms with E-state index in [-0.39, 0.29) is 42.0 Å². The predicted octanol–water partition coefficient (Wildman–Crippen LogP) is 2.00. The highest BCUT2D eigenvalue weighted by atomic mass is 19.1. The molecular weight excluding hydrogens is 515 g/mol. The van der Waals surface area contributed by atoms with Crippen LogP contribution in [-0.4, -0.2) is 67.7 Å². The number of nitrogens with zero attached hydrogens (tertiary/aromatic N) is 5. The van der Waals surface area contributed by atoms with Crippen molar-refractivity contribution in [3.8, 4) is 17.4 Å². The third-order valence-corrected chi connectivity index (χ3v) is 5.17. The number of amides is 1. The first-order chi connectivity index (χ1) is 18.9. The average Bonchev–Trinajstić information content (AvgIpc) is 3.33. The van der Waals surface area contributed by atoms with Gasteiger partial charge in [-0.05, 0) is 36.4 Å². The van der Waals surface area contributed by atoms with Gasteiger partial charge in [-0.2, -0.15) is 0 Å². The van der Waals surface area contributed by atoms with Crippen LogP contribution in [0.2, 0.25) is 0 Å². The topological polar surface area (TPSA) is 189 Å². The summed E-state index contributed by atoms with van der Waals surface area (Å²) in [7, 11) is 1.40. The van der Waals surface area contributed by atoms with Crippen molar-refractivity contribution in [1.29, 1.82) is 0 Å².